The molecule has 0 aliphatic rings. The molecule has 0 aliphatic carbocycles. The minimum atomic E-state index is -0.145. The van der Waals surface area contributed by atoms with Crippen LogP contribution in [0.3, 0.4) is 0 Å². The van der Waals surface area contributed by atoms with E-state index in [-0.39, 0.29) is 5.82 Å². The van der Waals surface area contributed by atoms with Gasteiger partial charge in [-0.05, 0) is 55.0 Å². The van der Waals surface area contributed by atoms with E-state index < -0.39 is 0 Å². The molecule has 3 rings (SSSR count). The van der Waals surface area contributed by atoms with Crippen molar-refractivity contribution in [2.24, 2.45) is 0 Å². The van der Waals surface area contributed by atoms with Gasteiger partial charge in [0.1, 0.15) is 5.82 Å². The SMILES string of the molecule is CCCCCCCc1cnc(-c2ccc(-c3ccc(CCCCC)c(F)c3)nc2)nc1. The number of hydrogen-bond donors (Lipinski definition) is 0. The summed E-state index contributed by atoms with van der Waals surface area (Å²) < 4.78 is 14.4. The van der Waals surface area contributed by atoms with Gasteiger partial charge in [-0.15, -0.1) is 0 Å². The van der Waals surface area contributed by atoms with Gasteiger partial charge in [0.25, 0.3) is 0 Å². The van der Waals surface area contributed by atoms with Crippen molar-refractivity contribution in [1.82, 2.24) is 15.0 Å². The molecular formula is C27H34FN3. The van der Waals surface area contributed by atoms with Gasteiger partial charge < -0.3 is 0 Å². The lowest BCUT2D eigenvalue weighted by atomic mass is 10.0. The predicted octanol–water partition coefficient (Wildman–Crippen LogP) is 7.59. The first-order valence-electron chi connectivity index (χ1n) is 11.8. The summed E-state index contributed by atoms with van der Waals surface area (Å²) >= 11 is 0. The van der Waals surface area contributed by atoms with E-state index in [1.54, 1.807) is 12.3 Å². The van der Waals surface area contributed by atoms with Crippen LogP contribution in [0, 0.1) is 5.82 Å². The number of pyridine rings is 1. The van der Waals surface area contributed by atoms with E-state index in [0.717, 1.165) is 54.5 Å². The molecule has 1 aromatic carbocycles. The number of unbranched alkanes of at least 4 members (excludes halogenated alkanes) is 6. The Kier molecular flexibility index (Phi) is 9.14. The molecule has 0 unspecified atom stereocenters. The summed E-state index contributed by atoms with van der Waals surface area (Å²) in [6.07, 6.45) is 17.1. The van der Waals surface area contributed by atoms with E-state index in [0.29, 0.717) is 5.82 Å². The Morgan fingerprint density at radius 2 is 1.35 bits per heavy atom. The van der Waals surface area contributed by atoms with Gasteiger partial charge in [-0.25, -0.2) is 14.4 Å². The Labute approximate surface area is 186 Å². The second-order valence-corrected chi connectivity index (χ2v) is 8.27. The van der Waals surface area contributed by atoms with Gasteiger partial charge in [0.2, 0.25) is 0 Å². The lowest BCUT2D eigenvalue weighted by molar-refractivity contribution is 0.599. The van der Waals surface area contributed by atoms with E-state index in [1.165, 1.54) is 37.7 Å². The highest BCUT2D eigenvalue weighted by atomic mass is 19.1. The number of nitrogens with zero attached hydrogens (tertiary/aromatic N) is 3. The molecule has 0 fully saturated rings. The largest absolute Gasteiger partial charge is 0.255 e. The van der Waals surface area contributed by atoms with E-state index in [1.807, 2.05) is 36.7 Å². The smallest absolute Gasteiger partial charge is 0.160 e. The highest BCUT2D eigenvalue weighted by Gasteiger charge is 2.08. The third-order valence-corrected chi connectivity index (χ3v) is 5.69. The van der Waals surface area contributed by atoms with Gasteiger partial charge in [0, 0.05) is 29.7 Å². The summed E-state index contributed by atoms with van der Waals surface area (Å²) in [5.41, 5.74) is 4.39. The third-order valence-electron chi connectivity index (χ3n) is 5.69. The molecule has 0 spiro atoms. The third kappa shape index (κ3) is 6.95. The molecule has 0 radical (unpaired) electrons. The van der Waals surface area contributed by atoms with Crippen molar-refractivity contribution in [1.29, 1.82) is 0 Å². The molecule has 164 valence electrons. The summed E-state index contributed by atoms with van der Waals surface area (Å²) in [5.74, 6) is 0.527. The fraction of sp³-hybridized carbons (Fsp3) is 0.444. The number of hydrogen-bond acceptors (Lipinski definition) is 3. The quantitative estimate of drug-likeness (QED) is 0.284. The molecular weight excluding hydrogens is 385 g/mol. The zero-order valence-corrected chi connectivity index (χ0v) is 18.9. The molecule has 0 saturated carbocycles. The van der Waals surface area contributed by atoms with Crippen LogP contribution in [0.2, 0.25) is 0 Å². The first kappa shape index (κ1) is 23.1. The number of rotatable bonds is 12. The minimum absolute atomic E-state index is 0.145. The van der Waals surface area contributed by atoms with Gasteiger partial charge in [0.05, 0.1) is 5.69 Å². The Bertz CT molecular complexity index is 920. The molecule has 0 bridgehead atoms. The molecule has 0 saturated heterocycles. The van der Waals surface area contributed by atoms with Gasteiger partial charge in [-0.1, -0.05) is 64.5 Å². The summed E-state index contributed by atoms with van der Waals surface area (Å²) in [6.45, 7) is 4.39. The summed E-state index contributed by atoms with van der Waals surface area (Å²) in [7, 11) is 0. The molecule has 0 aliphatic heterocycles. The number of benzene rings is 1. The average molecular weight is 420 g/mol. The number of halogens is 1. The monoisotopic (exact) mass is 419 g/mol. The summed E-state index contributed by atoms with van der Waals surface area (Å²) in [5, 5.41) is 0. The maximum Gasteiger partial charge on any atom is 0.160 e. The molecule has 3 nitrogen and oxygen atoms in total. The Morgan fingerprint density at radius 1 is 0.677 bits per heavy atom. The Morgan fingerprint density at radius 3 is 2.03 bits per heavy atom. The maximum absolute atomic E-state index is 14.4. The van der Waals surface area contributed by atoms with Crippen LogP contribution >= 0.6 is 0 Å². The zero-order valence-electron chi connectivity index (χ0n) is 18.9. The summed E-state index contributed by atoms with van der Waals surface area (Å²) in [6, 6.07) is 9.30. The van der Waals surface area contributed by atoms with Gasteiger partial charge in [0.15, 0.2) is 5.82 Å². The van der Waals surface area contributed by atoms with Crippen LogP contribution < -0.4 is 0 Å². The number of aryl methyl sites for hydroxylation is 2. The van der Waals surface area contributed by atoms with Crippen molar-refractivity contribution in [3.05, 3.63) is 65.9 Å². The van der Waals surface area contributed by atoms with Crippen molar-refractivity contribution in [2.75, 3.05) is 0 Å². The van der Waals surface area contributed by atoms with E-state index >= 15 is 0 Å². The first-order valence-corrected chi connectivity index (χ1v) is 11.8. The minimum Gasteiger partial charge on any atom is -0.255 e. The second-order valence-electron chi connectivity index (χ2n) is 8.27. The van der Waals surface area contributed by atoms with Gasteiger partial charge >= 0.3 is 0 Å². The van der Waals surface area contributed by atoms with Crippen LogP contribution in [0.5, 0.6) is 0 Å². The first-order chi connectivity index (χ1) is 15.2. The van der Waals surface area contributed by atoms with E-state index in [4.69, 9.17) is 0 Å². The number of aromatic nitrogens is 3. The van der Waals surface area contributed by atoms with Crippen LogP contribution in [0.15, 0.2) is 48.9 Å². The molecule has 0 atom stereocenters. The zero-order chi connectivity index (χ0) is 21.9. The lowest BCUT2D eigenvalue weighted by Gasteiger charge is -2.07. The topological polar surface area (TPSA) is 38.7 Å². The van der Waals surface area contributed by atoms with Crippen LogP contribution in [-0.4, -0.2) is 15.0 Å². The Hall–Kier alpha value is -2.62. The standard InChI is InChI=1S/C27H34FN3/c1-3-5-7-8-10-11-21-18-30-27(31-19-21)24-15-16-26(29-20-24)23-14-13-22(25(28)17-23)12-9-6-4-2/h13-20H,3-12H2,1-2H3. The van der Waals surface area contributed by atoms with E-state index in [2.05, 4.69) is 28.8 Å². The van der Waals surface area contributed by atoms with Crippen molar-refractivity contribution in [3.63, 3.8) is 0 Å². The predicted molar refractivity (Wildman–Crippen MR) is 126 cm³/mol. The molecule has 2 heterocycles. The van der Waals surface area contributed by atoms with Crippen LogP contribution in [0.1, 0.15) is 76.3 Å². The van der Waals surface area contributed by atoms with Crippen molar-refractivity contribution < 1.29 is 4.39 Å². The summed E-state index contributed by atoms with van der Waals surface area (Å²) in [4.78, 5) is 13.6. The molecule has 0 N–H and O–H groups in total. The molecule has 3 aromatic rings. The van der Waals surface area contributed by atoms with Gasteiger partial charge in [-0.2, -0.15) is 0 Å². The molecule has 31 heavy (non-hydrogen) atoms. The maximum atomic E-state index is 14.4. The van der Waals surface area contributed by atoms with Crippen molar-refractivity contribution >= 4 is 0 Å². The van der Waals surface area contributed by atoms with Crippen LogP contribution in [0.25, 0.3) is 22.6 Å². The molecule has 4 heteroatoms. The fourth-order valence-corrected chi connectivity index (χ4v) is 3.74. The van der Waals surface area contributed by atoms with Crippen molar-refractivity contribution in [2.45, 2.75) is 78.1 Å². The van der Waals surface area contributed by atoms with Crippen LogP contribution in [-0.2, 0) is 12.8 Å². The van der Waals surface area contributed by atoms with Crippen LogP contribution in [0.4, 0.5) is 4.39 Å². The van der Waals surface area contributed by atoms with Gasteiger partial charge in [-0.3, -0.25) is 4.98 Å². The highest BCUT2D eigenvalue weighted by molar-refractivity contribution is 5.63. The normalized spacial score (nSPS) is 11.1. The molecule has 2 aromatic heterocycles. The molecule has 0 amide bonds. The second kappa shape index (κ2) is 12.3. The van der Waals surface area contributed by atoms with E-state index in [9.17, 15) is 4.39 Å². The fourth-order valence-electron chi connectivity index (χ4n) is 3.74. The Balaban J connectivity index is 1.60. The highest BCUT2D eigenvalue weighted by Crippen LogP contribution is 2.23. The average Bonchev–Trinajstić information content (AvgIpc) is 2.81. The lowest BCUT2D eigenvalue weighted by Crippen LogP contribution is -1.95. The van der Waals surface area contributed by atoms with Crippen molar-refractivity contribution in [3.8, 4) is 22.6 Å².